The van der Waals surface area contributed by atoms with Crippen LogP contribution in [0.25, 0.3) is 11.3 Å². The van der Waals surface area contributed by atoms with Crippen molar-refractivity contribution in [3.63, 3.8) is 0 Å². The first kappa shape index (κ1) is 15.9. The van der Waals surface area contributed by atoms with Gasteiger partial charge < -0.3 is 5.32 Å². The zero-order chi connectivity index (χ0) is 16.9. The van der Waals surface area contributed by atoms with Crippen molar-refractivity contribution in [3.05, 3.63) is 77.2 Å². The number of hydrogen-bond acceptors (Lipinski definition) is 2. The summed E-state index contributed by atoms with van der Waals surface area (Å²) in [6, 6.07) is 14.1. The van der Waals surface area contributed by atoms with Crippen molar-refractivity contribution in [1.29, 1.82) is 0 Å². The van der Waals surface area contributed by atoms with Gasteiger partial charge in [0.2, 0.25) is 0 Å². The SMILES string of the molecule is CCc1ccc(-c2[nH]ncc2C(=O)NCc2ccc(F)cc2)cc1. The molecule has 0 saturated heterocycles. The molecular weight excluding hydrogens is 305 g/mol. The predicted molar refractivity (Wildman–Crippen MR) is 91.0 cm³/mol. The van der Waals surface area contributed by atoms with Gasteiger partial charge in [-0.25, -0.2) is 4.39 Å². The molecule has 0 fully saturated rings. The third kappa shape index (κ3) is 3.51. The van der Waals surface area contributed by atoms with E-state index in [4.69, 9.17) is 0 Å². The van der Waals surface area contributed by atoms with E-state index >= 15 is 0 Å². The lowest BCUT2D eigenvalue weighted by Gasteiger charge is -2.07. The van der Waals surface area contributed by atoms with Crippen molar-refractivity contribution < 1.29 is 9.18 Å². The number of nitrogens with zero attached hydrogens (tertiary/aromatic N) is 1. The zero-order valence-corrected chi connectivity index (χ0v) is 13.3. The highest BCUT2D eigenvalue weighted by molar-refractivity contribution is 5.99. The summed E-state index contributed by atoms with van der Waals surface area (Å²) in [5, 5.41) is 9.71. The maximum atomic E-state index is 12.9. The van der Waals surface area contributed by atoms with Crippen LogP contribution in [0.2, 0.25) is 0 Å². The van der Waals surface area contributed by atoms with E-state index in [-0.39, 0.29) is 11.7 Å². The van der Waals surface area contributed by atoms with Crippen LogP contribution in [0, 0.1) is 5.82 Å². The van der Waals surface area contributed by atoms with Crippen LogP contribution in [0.1, 0.15) is 28.4 Å². The van der Waals surface area contributed by atoms with E-state index in [0.717, 1.165) is 17.5 Å². The Balaban J connectivity index is 1.73. The number of hydrogen-bond donors (Lipinski definition) is 2. The van der Waals surface area contributed by atoms with E-state index in [1.165, 1.54) is 23.9 Å². The smallest absolute Gasteiger partial charge is 0.255 e. The summed E-state index contributed by atoms with van der Waals surface area (Å²) in [5.41, 5.74) is 4.16. The Morgan fingerprint density at radius 3 is 2.42 bits per heavy atom. The molecule has 24 heavy (non-hydrogen) atoms. The van der Waals surface area contributed by atoms with E-state index in [2.05, 4.69) is 22.4 Å². The van der Waals surface area contributed by atoms with Crippen molar-refractivity contribution in [3.8, 4) is 11.3 Å². The maximum Gasteiger partial charge on any atom is 0.255 e. The number of H-pyrrole nitrogens is 1. The van der Waals surface area contributed by atoms with Crippen molar-refractivity contribution >= 4 is 5.91 Å². The first-order chi connectivity index (χ1) is 11.7. The minimum Gasteiger partial charge on any atom is -0.348 e. The highest BCUT2D eigenvalue weighted by Gasteiger charge is 2.15. The normalized spacial score (nSPS) is 10.6. The molecule has 0 aliphatic carbocycles. The van der Waals surface area contributed by atoms with E-state index in [1.54, 1.807) is 12.1 Å². The number of carbonyl (C=O) groups excluding carboxylic acids is 1. The van der Waals surface area contributed by atoms with Crippen molar-refractivity contribution in [2.75, 3.05) is 0 Å². The molecule has 2 aromatic carbocycles. The van der Waals surface area contributed by atoms with Crippen molar-refractivity contribution in [2.24, 2.45) is 0 Å². The van der Waals surface area contributed by atoms with Gasteiger partial charge in [0.25, 0.3) is 5.91 Å². The summed E-state index contributed by atoms with van der Waals surface area (Å²) in [4.78, 5) is 12.4. The van der Waals surface area contributed by atoms with Gasteiger partial charge in [-0.1, -0.05) is 43.3 Å². The van der Waals surface area contributed by atoms with E-state index < -0.39 is 0 Å². The molecule has 3 aromatic rings. The lowest BCUT2D eigenvalue weighted by molar-refractivity contribution is 0.0951. The first-order valence-electron chi connectivity index (χ1n) is 7.82. The molecule has 122 valence electrons. The van der Waals surface area contributed by atoms with Crippen molar-refractivity contribution in [1.82, 2.24) is 15.5 Å². The molecule has 3 rings (SSSR count). The Labute approximate surface area is 139 Å². The Kier molecular flexibility index (Phi) is 4.70. The summed E-state index contributed by atoms with van der Waals surface area (Å²) >= 11 is 0. The monoisotopic (exact) mass is 323 g/mol. The lowest BCUT2D eigenvalue weighted by atomic mass is 10.0. The largest absolute Gasteiger partial charge is 0.348 e. The molecule has 4 nitrogen and oxygen atoms in total. The average molecular weight is 323 g/mol. The van der Waals surface area contributed by atoms with Gasteiger partial charge in [-0.2, -0.15) is 5.10 Å². The van der Waals surface area contributed by atoms with Crippen LogP contribution in [-0.2, 0) is 13.0 Å². The predicted octanol–water partition coefficient (Wildman–Crippen LogP) is 3.71. The fraction of sp³-hybridized carbons (Fsp3) is 0.158. The zero-order valence-electron chi connectivity index (χ0n) is 13.3. The molecule has 0 saturated carbocycles. The molecule has 1 heterocycles. The topological polar surface area (TPSA) is 57.8 Å². The second kappa shape index (κ2) is 7.08. The summed E-state index contributed by atoms with van der Waals surface area (Å²) < 4.78 is 12.9. The highest BCUT2D eigenvalue weighted by atomic mass is 19.1. The Bertz CT molecular complexity index is 823. The van der Waals surface area contributed by atoms with Gasteiger partial charge in [0.1, 0.15) is 5.82 Å². The second-order valence-corrected chi connectivity index (χ2v) is 5.52. The molecule has 2 N–H and O–H groups in total. The van der Waals surface area contributed by atoms with Crippen LogP contribution in [0.3, 0.4) is 0 Å². The van der Waals surface area contributed by atoms with Crippen LogP contribution in [-0.4, -0.2) is 16.1 Å². The molecule has 0 bridgehead atoms. The quantitative estimate of drug-likeness (QED) is 0.752. The van der Waals surface area contributed by atoms with Crippen LogP contribution in [0.15, 0.2) is 54.7 Å². The molecule has 1 aromatic heterocycles. The number of carbonyl (C=O) groups is 1. The Morgan fingerprint density at radius 1 is 1.08 bits per heavy atom. The standard InChI is InChI=1S/C19H18FN3O/c1-2-13-3-7-15(8-4-13)18-17(12-22-23-18)19(24)21-11-14-5-9-16(20)10-6-14/h3-10,12H,2,11H2,1H3,(H,21,24)(H,22,23). The van der Waals surface area contributed by atoms with Crippen LogP contribution in [0.4, 0.5) is 4.39 Å². The summed E-state index contributed by atoms with van der Waals surface area (Å²) in [6.45, 7) is 2.43. The lowest BCUT2D eigenvalue weighted by Crippen LogP contribution is -2.23. The number of halogens is 1. The number of benzene rings is 2. The van der Waals surface area contributed by atoms with E-state index in [0.29, 0.717) is 17.8 Å². The number of rotatable bonds is 5. The van der Waals surface area contributed by atoms with Crippen molar-refractivity contribution in [2.45, 2.75) is 19.9 Å². The number of amides is 1. The number of aryl methyl sites for hydroxylation is 1. The summed E-state index contributed by atoms with van der Waals surface area (Å²) in [5.74, 6) is -0.514. The van der Waals surface area contributed by atoms with E-state index in [9.17, 15) is 9.18 Å². The van der Waals surface area contributed by atoms with Crippen LogP contribution < -0.4 is 5.32 Å². The minimum atomic E-state index is -0.294. The highest BCUT2D eigenvalue weighted by Crippen LogP contribution is 2.21. The summed E-state index contributed by atoms with van der Waals surface area (Å²) in [6.07, 6.45) is 2.48. The van der Waals surface area contributed by atoms with Gasteiger partial charge in [-0.15, -0.1) is 0 Å². The van der Waals surface area contributed by atoms with Gasteiger partial charge >= 0.3 is 0 Å². The molecule has 0 aliphatic rings. The average Bonchev–Trinajstić information content (AvgIpc) is 3.11. The van der Waals surface area contributed by atoms with Gasteiger partial charge in [-0.05, 0) is 29.7 Å². The maximum absolute atomic E-state index is 12.9. The molecule has 0 radical (unpaired) electrons. The molecule has 0 unspecified atom stereocenters. The fourth-order valence-electron chi connectivity index (χ4n) is 2.47. The number of aromatic amines is 1. The minimum absolute atomic E-state index is 0.220. The summed E-state index contributed by atoms with van der Waals surface area (Å²) in [7, 11) is 0. The molecule has 0 atom stereocenters. The number of aromatic nitrogens is 2. The third-order valence-corrected chi connectivity index (χ3v) is 3.90. The van der Waals surface area contributed by atoms with E-state index in [1.807, 2.05) is 24.3 Å². The Morgan fingerprint density at radius 2 is 1.75 bits per heavy atom. The molecule has 1 amide bonds. The molecular formula is C19H18FN3O. The van der Waals surface area contributed by atoms with Gasteiger partial charge in [0.05, 0.1) is 17.5 Å². The van der Waals surface area contributed by atoms with Crippen LogP contribution in [0.5, 0.6) is 0 Å². The first-order valence-corrected chi connectivity index (χ1v) is 7.82. The third-order valence-electron chi connectivity index (χ3n) is 3.90. The van der Waals surface area contributed by atoms with Gasteiger partial charge in [-0.3, -0.25) is 9.89 Å². The fourth-order valence-corrected chi connectivity index (χ4v) is 2.47. The van der Waals surface area contributed by atoms with Gasteiger partial charge in [0.15, 0.2) is 0 Å². The second-order valence-electron chi connectivity index (χ2n) is 5.52. The Hall–Kier alpha value is -2.95. The molecule has 5 heteroatoms. The number of nitrogens with one attached hydrogen (secondary N) is 2. The van der Waals surface area contributed by atoms with Crippen LogP contribution >= 0.6 is 0 Å². The molecule has 0 spiro atoms. The van der Waals surface area contributed by atoms with Gasteiger partial charge in [0, 0.05) is 12.1 Å². The molecule has 0 aliphatic heterocycles.